The summed E-state index contributed by atoms with van der Waals surface area (Å²) in [5.74, 6) is -0.540. The molecule has 0 aromatic carbocycles. The monoisotopic (exact) mass is 282 g/mol. The number of aldehydes is 1. The minimum absolute atomic E-state index is 0.0758. The lowest BCUT2D eigenvalue weighted by Gasteiger charge is -2.34. The Morgan fingerprint density at radius 1 is 1.25 bits per heavy atom. The number of ether oxygens (including phenoxy) is 1. The van der Waals surface area contributed by atoms with Gasteiger partial charge in [0.25, 0.3) is 0 Å². The first-order valence-corrected chi connectivity index (χ1v) is 7.22. The van der Waals surface area contributed by atoms with Gasteiger partial charge in [0.15, 0.2) is 0 Å². The van der Waals surface area contributed by atoms with E-state index in [1.54, 1.807) is 6.92 Å². The highest BCUT2D eigenvalue weighted by atomic mass is 16.5. The molecule has 20 heavy (non-hydrogen) atoms. The van der Waals surface area contributed by atoms with Crippen LogP contribution in [0.3, 0.4) is 0 Å². The maximum absolute atomic E-state index is 12.2. The summed E-state index contributed by atoms with van der Waals surface area (Å²) in [5, 5.41) is 0. The zero-order valence-electron chi connectivity index (χ0n) is 12.0. The highest BCUT2D eigenvalue weighted by Gasteiger charge is 2.46. The van der Waals surface area contributed by atoms with E-state index in [0.29, 0.717) is 45.1 Å². The molecule has 0 aliphatic heterocycles. The van der Waals surface area contributed by atoms with Gasteiger partial charge in [-0.05, 0) is 32.6 Å². The molecule has 1 fully saturated rings. The first kappa shape index (κ1) is 16.5. The van der Waals surface area contributed by atoms with Crippen LogP contribution in [0.1, 0.15) is 58.3 Å². The Hall–Kier alpha value is -1.52. The highest BCUT2D eigenvalue weighted by molar-refractivity contribution is 6.09. The van der Waals surface area contributed by atoms with Crippen LogP contribution in [0.25, 0.3) is 0 Å². The summed E-state index contributed by atoms with van der Waals surface area (Å²) < 4.78 is 4.86. The van der Waals surface area contributed by atoms with Crippen molar-refractivity contribution >= 4 is 23.8 Å². The van der Waals surface area contributed by atoms with Gasteiger partial charge in [-0.3, -0.25) is 14.4 Å². The van der Waals surface area contributed by atoms with Gasteiger partial charge < -0.3 is 9.53 Å². The van der Waals surface area contributed by atoms with Crippen LogP contribution in [0, 0.1) is 5.41 Å². The van der Waals surface area contributed by atoms with Gasteiger partial charge in [0.05, 0.1) is 12.0 Å². The van der Waals surface area contributed by atoms with Crippen LogP contribution in [-0.4, -0.2) is 30.4 Å². The van der Waals surface area contributed by atoms with E-state index in [1.165, 1.54) is 0 Å². The molecule has 1 aliphatic carbocycles. The van der Waals surface area contributed by atoms with E-state index in [1.807, 2.05) is 0 Å². The van der Waals surface area contributed by atoms with Gasteiger partial charge in [0.2, 0.25) is 0 Å². The molecular weight excluding hydrogens is 260 g/mol. The number of hydrogen-bond acceptors (Lipinski definition) is 5. The first-order valence-electron chi connectivity index (χ1n) is 7.22. The molecule has 0 unspecified atom stereocenters. The van der Waals surface area contributed by atoms with E-state index in [-0.39, 0.29) is 30.4 Å². The molecule has 0 aromatic rings. The fourth-order valence-electron chi connectivity index (χ4n) is 2.76. The quantitative estimate of drug-likeness (QED) is 0.294. The average Bonchev–Trinajstić information content (AvgIpc) is 2.41. The normalized spacial score (nSPS) is 17.9. The molecule has 0 N–H and O–H groups in total. The van der Waals surface area contributed by atoms with E-state index >= 15 is 0 Å². The maximum atomic E-state index is 12.2. The molecule has 5 nitrogen and oxygen atoms in total. The molecule has 0 heterocycles. The van der Waals surface area contributed by atoms with Gasteiger partial charge >= 0.3 is 5.97 Å². The van der Waals surface area contributed by atoms with Gasteiger partial charge in [0, 0.05) is 25.7 Å². The minimum Gasteiger partial charge on any atom is -0.466 e. The molecule has 5 heteroatoms. The summed E-state index contributed by atoms with van der Waals surface area (Å²) in [6.45, 7) is 2.01. The molecule has 0 atom stereocenters. The van der Waals surface area contributed by atoms with E-state index in [9.17, 15) is 19.2 Å². The smallest absolute Gasteiger partial charge is 0.305 e. The largest absolute Gasteiger partial charge is 0.466 e. The lowest BCUT2D eigenvalue weighted by atomic mass is 9.66. The molecule has 0 amide bonds. The molecule has 0 aromatic heterocycles. The van der Waals surface area contributed by atoms with Crippen LogP contribution in [0.2, 0.25) is 0 Å². The van der Waals surface area contributed by atoms with Gasteiger partial charge in [-0.15, -0.1) is 0 Å². The summed E-state index contributed by atoms with van der Waals surface area (Å²) in [6.07, 6.45) is 3.64. The van der Waals surface area contributed by atoms with Crippen molar-refractivity contribution in [2.75, 3.05) is 6.61 Å². The van der Waals surface area contributed by atoms with Crippen molar-refractivity contribution < 1.29 is 23.9 Å². The van der Waals surface area contributed by atoms with E-state index < -0.39 is 5.41 Å². The average molecular weight is 282 g/mol. The molecular formula is C15H22O5. The molecule has 1 rings (SSSR count). The van der Waals surface area contributed by atoms with Crippen molar-refractivity contribution in [2.24, 2.45) is 5.41 Å². The van der Waals surface area contributed by atoms with Crippen LogP contribution in [0.5, 0.6) is 0 Å². The topological polar surface area (TPSA) is 77.5 Å². The lowest BCUT2D eigenvalue weighted by Crippen LogP contribution is -2.43. The third-order valence-electron chi connectivity index (χ3n) is 3.86. The summed E-state index contributed by atoms with van der Waals surface area (Å²) in [6, 6.07) is 0. The Labute approximate surface area is 119 Å². The molecule has 1 aliphatic rings. The van der Waals surface area contributed by atoms with Crippen molar-refractivity contribution in [2.45, 2.75) is 58.3 Å². The second-order valence-corrected chi connectivity index (χ2v) is 5.15. The molecule has 0 bridgehead atoms. The highest BCUT2D eigenvalue weighted by Crippen LogP contribution is 2.39. The lowest BCUT2D eigenvalue weighted by molar-refractivity contribution is -0.148. The number of carbonyl (C=O) groups excluding carboxylic acids is 4. The predicted molar refractivity (Wildman–Crippen MR) is 72.1 cm³/mol. The molecule has 1 saturated carbocycles. The van der Waals surface area contributed by atoms with Crippen LogP contribution >= 0.6 is 0 Å². The summed E-state index contributed by atoms with van der Waals surface area (Å²) in [7, 11) is 0. The van der Waals surface area contributed by atoms with Crippen LogP contribution in [0.4, 0.5) is 0 Å². The van der Waals surface area contributed by atoms with E-state index in [0.717, 1.165) is 6.29 Å². The molecule has 0 saturated heterocycles. The Kier molecular flexibility index (Phi) is 6.55. The molecule has 0 spiro atoms. The first-order chi connectivity index (χ1) is 9.56. The summed E-state index contributed by atoms with van der Waals surface area (Å²) in [4.78, 5) is 46.4. The Bertz CT molecular complexity index is 370. The summed E-state index contributed by atoms with van der Waals surface area (Å²) >= 11 is 0. The Morgan fingerprint density at radius 3 is 2.45 bits per heavy atom. The third kappa shape index (κ3) is 3.99. The fraction of sp³-hybridized carbons (Fsp3) is 0.733. The van der Waals surface area contributed by atoms with Gasteiger partial charge in [0.1, 0.15) is 17.9 Å². The number of hydrogen-bond donors (Lipinski definition) is 0. The Balaban J connectivity index is 2.76. The zero-order valence-corrected chi connectivity index (χ0v) is 12.0. The number of ketones is 2. The molecule has 112 valence electrons. The van der Waals surface area contributed by atoms with E-state index in [2.05, 4.69) is 0 Å². The van der Waals surface area contributed by atoms with Gasteiger partial charge in [-0.2, -0.15) is 0 Å². The van der Waals surface area contributed by atoms with E-state index in [4.69, 9.17) is 4.74 Å². The standard InChI is InChI=1S/C15H22O5/c1-2-20-14(19)8-10-15(9-3-4-11-16)12(17)6-5-7-13(15)18/h11H,2-10H2,1H3. The third-order valence-corrected chi connectivity index (χ3v) is 3.86. The number of Topliss-reactive ketones (excluding diaryl/α,β-unsaturated/α-hetero) is 2. The van der Waals surface area contributed by atoms with Crippen molar-refractivity contribution in [1.29, 1.82) is 0 Å². The fourth-order valence-corrected chi connectivity index (χ4v) is 2.76. The summed E-state index contributed by atoms with van der Waals surface area (Å²) in [5.41, 5.74) is -1.06. The zero-order chi connectivity index (χ0) is 15.0. The van der Waals surface area contributed by atoms with Gasteiger partial charge in [-0.25, -0.2) is 0 Å². The molecule has 0 radical (unpaired) electrons. The van der Waals surface area contributed by atoms with Crippen molar-refractivity contribution in [3.8, 4) is 0 Å². The van der Waals surface area contributed by atoms with Crippen LogP contribution < -0.4 is 0 Å². The predicted octanol–water partition coefficient (Wildman–Crippen LogP) is 2.01. The van der Waals surface area contributed by atoms with Gasteiger partial charge in [-0.1, -0.05) is 0 Å². The maximum Gasteiger partial charge on any atom is 0.305 e. The minimum atomic E-state index is -1.06. The number of esters is 1. The Morgan fingerprint density at radius 2 is 1.90 bits per heavy atom. The number of carbonyl (C=O) groups is 4. The van der Waals surface area contributed by atoms with Crippen LogP contribution in [0.15, 0.2) is 0 Å². The second-order valence-electron chi connectivity index (χ2n) is 5.15. The number of unbranched alkanes of at least 4 members (excludes halogenated alkanes) is 1. The SMILES string of the molecule is CCOC(=O)CCC1(CCCC=O)C(=O)CCCC1=O. The second kappa shape index (κ2) is 7.92. The van der Waals surface area contributed by atoms with Crippen molar-refractivity contribution in [3.63, 3.8) is 0 Å². The van der Waals surface area contributed by atoms with Crippen LogP contribution in [-0.2, 0) is 23.9 Å². The van der Waals surface area contributed by atoms with Crippen molar-refractivity contribution in [3.05, 3.63) is 0 Å². The van der Waals surface area contributed by atoms with Crippen molar-refractivity contribution in [1.82, 2.24) is 0 Å². The number of rotatable bonds is 8.